The van der Waals surface area contributed by atoms with Crippen molar-refractivity contribution in [2.75, 3.05) is 39.6 Å². The topological polar surface area (TPSA) is 357 Å². The normalized spacial score (nSPS) is 49.6. The molecule has 0 radical (unpaired) electrons. The Morgan fingerprint density at radius 2 is 0.653 bits per heavy atom. The Balaban J connectivity index is 1.24. The monoisotopic (exact) mass is 724 g/mol. The molecule has 0 aromatic carbocycles. The van der Waals surface area contributed by atoms with Crippen LogP contribution in [-0.2, 0) is 37.9 Å². The smallest absolute Gasteiger partial charge is 0.187 e. The van der Waals surface area contributed by atoms with Crippen molar-refractivity contribution in [3.63, 3.8) is 0 Å². The third-order valence-electron chi connectivity index (χ3n) is 8.77. The lowest BCUT2D eigenvalue weighted by molar-refractivity contribution is -0.361. The van der Waals surface area contributed by atoms with E-state index < -0.39 is 149 Å². The molecule has 4 aliphatic rings. The van der Waals surface area contributed by atoms with E-state index in [-0.39, 0.29) is 19.6 Å². The van der Waals surface area contributed by atoms with Crippen LogP contribution < -0.4 is 0 Å². The Bertz CT molecular complexity index is 901. The second-order valence-corrected chi connectivity index (χ2v) is 12.1. The zero-order chi connectivity index (χ0) is 36.2. The predicted molar refractivity (Wildman–Crippen MR) is 149 cm³/mol. The molecule has 0 aromatic heterocycles. The summed E-state index contributed by atoms with van der Waals surface area (Å²) < 4.78 is 43.5. The predicted octanol–water partition coefficient (Wildman–Crippen LogP) is -9.34. The minimum absolute atomic E-state index is 0.0501. The van der Waals surface area contributed by atoms with E-state index in [0.29, 0.717) is 0 Å². The van der Waals surface area contributed by atoms with E-state index in [0.717, 1.165) is 0 Å². The highest BCUT2D eigenvalue weighted by molar-refractivity contribution is 4.95. The van der Waals surface area contributed by atoms with Crippen molar-refractivity contribution in [2.45, 2.75) is 129 Å². The van der Waals surface area contributed by atoms with Crippen LogP contribution in [0.5, 0.6) is 0 Å². The van der Waals surface area contributed by atoms with Gasteiger partial charge in [0.05, 0.1) is 39.6 Å². The van der Waals surface area contributed by atoms with Gasteiger partial charge in [0.2, 0.25) is 0 Å². The molecule has 0 amide bonds. The molecular weight excluding hydrogens is 676 g/mol. The molecule has 0 bridgehead atoms. The standard InChI is InChI=1S/C27H48O22/c28-4-8-12(32)14(34)18(38)26(44-8)48-22-10(6-30)46-24(20(40)16(22)36)42-2-1-3-43-25-21(41)17(37)23(11(7-31)47-25)49-27-19(39)15(35)13(33)9(5-29)45-27/h8-41H,1-7H2/t8-,9-,10-,11-,12-,13-,14+,15+,16-,17-,18-,19-,20-,21-,22-,23-,24-,25-,26-,27-/m1/s1. The summed E-state index contributed by atoms with van der Waals surface area (Å²) in [4.78, 5) is 0. The molecule has 4 fully saturated rings. The van der Waals surface area contributed by atoms with Gasteiger partial charge in [-0.25, -0.2) is 0 Å². The quantitative estimate of drug-likeness (QED) is 0.0739. The average Bonchev–Trinajstić information content (AvgIpc) is 3.10. The van der Waals surface area contributed by atoms with Crippen LogP contribution in [0.4, 0.5) is 0 Å². The van der Waals surface area contributed by atoms with Crippen LogP contribution in [-0.4, -0.2) is 234 Å². The van der Waals surface area contributed by atoms with Crippen molar-refractivity contribution in [1.82, 2.24) is 0 Å². The van der Waals surface area contributed by atoms with Gasteiger partial charge < -0.3 is 109 Å². The summed E-state index contributed by atoms with van der Waals surface area (Å²) >= 11 is 0. The molecule has 288 valence electrons. The van der Waals surface area contributed by atoms with Gasteiger partial charge in [0, 0.05) is 0 Å². The number of ether oxygens (including phenoxy) is 8. The van der Waals surface area contributed by atoms with Crippen molar-refractivity contribution in [3.8, 4) is 0 Å². The van der Waals surface area contributed by atoms with Gasteiger partial charge in [-0.2, -0.15) is 0 Å². The molecule has 0 unspecified atom stereocenters. The van der Waals surface area contributed by atoms with Crippen LogP contribution in [0, 0.1) is 0 Å². The van der Waals surface area contributed by atoms with E-state index in [9.17, 15) is 71.5 Å². The fourth-order valence-corrected chi connectivity index (χ4v) is 5.84. The highest BCUT2D eigenvalue weighted by atomic mass is 16.8. The number of aliphatic hydroxyl groups excluding tert-OH is 14. The second-order valence-electron chi connectivity index (χ2n) is 12.1. The van der Waals surface area contributed by atoms with Gasteiger partial charge in [-0.3, -0.25) is 0 Å². The average molecular weight is 725 g/mol. The van der Waals surface area contributed by atoms with Gasteiger partial charge in [-0.15, -0.1) is 0 Å². The zero-order valence-corrected chi connectivity index (χ0v) is 26.0. The molecule has 0 aromatic rings. The van der Waals surface area contributed by atoms with Gasteiger partial charge in [0.15, 0.2) is 25.2 Å². The Morgan fingerprint density at radius 3 is 0.980 bits per heavy atom. The SMILES string of the molecule is OC[C@H]1O[C@H](O[C@H]2[C@H](O)[C@@H](O)[C@H](OCCCO[C@@H]3O[C@H](CO)[C@@H](O[C@H]4O[C@H](CO)[C@@H](O)[C@H](O)[C@H]4O)[C@H](O)[C@H]3O)O[C@@H]2CO)[C@H](O)[C@@H](O)[C@@H]1O. The zero-order valence-electron chi connectivity index (χ0n) is 26.0. The van der Waals surface area contributed by atoms with Gasteiger partial charge >= 0.3 is 0 Å². The molecular formula is C27H48O22. The molecule has 4 heterocycles. The molecule has 0 aliphatic carbocycles. The summed E-state index contributed by atoms with van der Waals surface area (Å²) in [7, 11) is 0. The van der Waals surface area contributed by atoms with Crippen LogP contribution in [0.1, 0.15) is 6.42 Å². The number of aliphatic hydroxyl groups is 14. The highest BCUT2D eigenvalue weighted by Gasteiger charge is 2.52. The van der Waals surface area contributed by atoms with Gasteiger partial charge in [0.1, 0.15) is 97.7 Å². The summed E-state index contributed by atoms with van der Waals surface area (Å²) in [6.45, 7) is -3.39. The van der Waals surface area contributed by atoms with E-state index in [1.165, 1.54) is 0 Å². The maximum atomic E-state index is 10.7. The van der Waals surface area contributed by atoms with Crippen LogP contribution in [0.25, 0.3) is 0 Å². The number of rotatable bonds is 14. The third-order valence-corrected chi connectivity index (χ3v) is 8.77. The lowest BCUT2D eigenvalue weighted by atomic mass is 9.97. The van der Waals surface area contributed by atoms with Crippen LogP contribution >= 0.6 is 0 Å². The van der Waals surface area contributed by atoms with Crippen LogP contribution in [0.2, 0.25) is 0 Å². The Kier molecular flexibility index (Phi) is 15.2. The molecule has 49 heavy (non-hydrogen) atoms. The van der Waals surface area contributed by atoms with Gasteiger partial charge in [-0.05, 0) is 6.42 Å². The van der Waals surface area contributed by atoms with E-state index in [2.05, 4.69) is 0 Å². The lowest BCUT2D eigenvalue weighted by Gasteiger charge is -2.46. The van der Waals surface area contributed by atoms with Crippen molar-refractivity contribution in [3.05, 3.63) is 0 Å². The third kappa shape index (κ3) is 9.02. The first kappa shape index (κ1) is 40.9. The van der Waals surface area contributed by atoms with Crippen LogP contribution in [0.15, 0.2) is 0 Å². The fraction of sp³-hybridized carbons (Fsp3) is 1.00. The molecule has 4 aliphatic heterocycles. The molecule has 22 heteroatoms. The Morgan fingerprint density at radius 1 is 0.347 bits per heavy atom. The largest absolute Gasteiger partial charge is 0.394 e. The summed E-state index contributed by atoms with van der Waals surface area (Å²) in [5.74, 6) is 0. The van der Waals surface area contributed by atoms with Crippen LogP contribution in [0.3, 0.4) is 0 Å². The summed E-state index contributed by atoms with van der Waals surface area (Å²) in [6, 6.07) is 0. The molecule has 20 atom stereocenters. The number of hydrogen-bond donors (Lipinski definition) is 14. The Hall–Kier alpha value is -0.880. The first-order valence-electron chi connectivity index (χ1n) is 15.7. The van der Waals surface area contributed by atoms with E-state index in [1.54, 1.807) is 0 Å². The molecule has 14 N–H and O–H groups in total. The van der Waals surface area contributed by atoms with Crippen molar-refractivity contribution >= 4 is 0 Å². The molecule has 22 nitrogen and oxygen atoms in total. The maximum Gasteiger partial charge on any atom is 0.187 e. The first-order chi connectivity index (χ1) is 23.3. The fourth-order valence-electron chi connectivity index (χ4n) is 5.84. The first-order valence-corrected chi connectivity index (χ1v) is 15.7. The molecule has 4 saturated heterocycles. The van der Waals surface area contributed by atoms with E-state index in [1.807, 2.05) is 0 Å². The minimum atomic E-state index is -1.82. The van der Waals surface area contributed by atoms with Gasteiger partial charge in [0.25, 0.3) is 0 Å². The van der Waals surface area contributed by atoms with Crippen molar-refractivity contribution in [2.24, 2.45) is 0 Å². The summed E-state index contributed by atoms with van der Waals surface area (Å²) in [6.07, 6.45) is -32.3. The van der Waals surface area contributed by atoms with E-state index >= 15 is 0 Å². The lowest BCUT2D eigenvalue weighted by Crippen LogP contribution is -2.64. The summed E-state index contributed by atoms with van der Waals surface area (Å²) in [5.41, 5.74) is 0. The van der Waals surface area contributed by atoms with E-state index in [4.69, 9.17) is 37.9 Å². The maximum absolute atomic E-state index is 10.7. The van der Waals surface area contributed by atoms with Crippen molar-refractivity contribution in [1.29, 1.82) is 0 Å². The minimum Gasteiger partial charge on any atom is -0.394 e. The number of hydrogen-bond acceptors (Lipinski definition) is 22. The highest BCUT2D eigenvalue weighted by Crippen LogP contribution is 2.31. The summed E-state index contributed by atoms with van der Waals surface area (Å²) in [5, 5.41) is 141. The molecule has 0 saturated carbocycles. The second kappa shape index (κ2) is 18.2. The molecule has 0 spiro atoms. The van der Waals surface area contributed by atoms with Gasteiger partial charge in [-0.1, -0.05) is 0 Å². The Labute approximate surface area is 278 Å². The van der Waals surface area contributed by atoms with Crippen molar-refractivity contribution < 1.29 is 109 Å². The molecule has 4 rings (SSSR count).